The standard InChI is InChI=1S/C17H28N2/c1-14(2)12-18-13-16-6-4-5-7-17(16)19-10-8-15(3)9-11-19/h4-7,14-15,18H,8-13H2,1-3H3. The van der Waals surface area contributed by atoms with Crippen LogP contribution in [0.1, 0.15) is 39.2 Å². The van der Waals surface area contributed by atoms with Crippen molar-refractivity contribution in [1.29, 1.82) is 0 Å². The summed E-state index contributed by atoms with van der Waals surface area (Å²) in [5.41, 5.74) is 2.88. The Morgan fingerprint density at radius 3 is 2.58 bits per heavy atom. The number of rotatable bonds is 5. The van der Waals surface area contributed by atoms with Crippen molar-refractivity contribution in [2.24, 2.45) is 11.8 Å². The first-order chi connectivity index (χ1) is 9.16. The summed E-state index contributed by atoms with van der Waals surface area (Å²) in [7, 11) is 0. The topological polar surface area (TPSA) is 15.3 Å². The van der Waals surface area contributed by atoms with E-state index in [0.717, 1.165) is 19.0 Å². The lowest BCUT2D eigenvalue weighted by Gasteiger charge is -2.33. The molecule has 0 saturated carbocycles. The van der Waals surface area contributed by atoms with Crippen LogP contribution >= 0.6 is 0 Å². The number of piperidine rings is 1. The molecule has 0 spiro atoms. The Morgan fingerprint density at radius 2 is 1.89 bits per heavy atom. The third-order valence-electron chi connectivity index (χ3n) is 3.98. The minimum atomic E-state index is 0.711. The van der Waals surface area contributed by atoms with E-state index in [1.807, 2.05) is 0 Å². The number of para-hydroxylation sites is 1. The van der Waals surface area contributed by atoms with Gasteiger partial charge < -0.3 is 10.2 Å². The third-order valence-corrected chi connectivity index (χ3v) is 3.98. The van der Waals surface area contributed by atoms with Gasteiger partial charge in [0.25, 0.3) is 0 Å². The van der Waals surface area contributed by atoms with Gasteiger partial charge in [0, 0.05) is 25.3 Å². The van der Waals surface area contributed by atoms with Crippen molar-refractivity contribution < 1.29 is 0 Å². The van der Waals surface area contributed by atoms with E-state index in [4.69, 9.17) is 0 Å². The molecule has 0 amide bonds. The fourth-order valence-corrected chi connectivity index (χ4v) is 2.71. The summed E-state index contributed by atoms with van der Waals surface area (Å²) >= 11 is 0. The molecule has 1 aromatic carbocycles. The zero-order chi connectivity index (χ0) is 13.7. The van der Waals surface area contributed by atoms with E-state index in [1.165, 1.54) is 37.2 Å². The van der Waals surface area contributed by atoms with Crippen LogP contribution < -0.4 is 10.2 Å². The molecule has 2 rings (SSSR count). The van der Waals surface area contributed by atoms with Gasteiger partial charge in [-0.05, 0) is 42.9 Å². The van der Waals surface area contributed by atoms with Crippen LogP contribution in [0.15, 0.2) is 24.3 Å². The van der Waals surface area contributed by atoms with Crippen molar-refractivity contribution in [2.45, 2.75) is 40.2 Å². The number of anilines is 1. The van der Waals surface area contributed by atoms with Gasteiger partial charge in [-0.3, -0.25) is 0 Å². The lowest BCUT2D eigenvalue weighted by atomic mass is 9.98. The molecule has 0 atom stereocenters. The van der Waals surface area contributed by atoms with Gasteiger partial charge in [-0.1, -0.05) is 39.0 Å². The Labute approximate surface area is 118 Å². The van der Waals surface area contributed by atoms with Crippen molar-refractivity contribution in [3.63, 3.8) is 0 Å². The molecule has 1 fully saturated rings. The molecule has 0 radical (unpaired) electrons. The first-order valence-corrected chi connectivity index (χ1v) is 7.70. The second-order valence-electron chi connectivity index (χ2n) is 6.32. The van der Waals surface area contributed by atoms with Crippen LogP contribution in [0.25, 0.3) is 0 Å². The summed E-state index contributed by atoms with van der Waals surface area (Å²) in [6.45, 7) is 11.4. The first kappa shape index (κ1) is 14.4. The molecule has 0 aliphatic carbocycles. The van der Waals surface area contributed by atoms with Gasteiger partial charge in [-0.2, -0.15) is 0 Å². The molecular weight excluding hydrogens is 232 g/mol. The van der Waals surface area contributed by atoms with Crippen LogP contribution in [0, 0.1) is 11.8 Å². The zero-order valence-electron chi connectivity index (χ0n) is 12.7. The monoisotopic (exact) mass is 260 g/mol. The number of nitrogens with zero attached hydrogens (tertiary/aromatic N) is 1. The summed E-state index contributed by atoms with van der Waals surface area (Å²) in [4.78, 5) is 2.56. The van der Waals surface area contributed by atoms with E-state index in [-0.39, 0.29) is 0 Å². The van der Waals surface area contributed by atoms with Crippen LogP contribution in [0.2, 0.25) is 0 Å². The van der Waals surface area contributed by atoms with E-state index in [1.54, 1.807) is 0 Å². The van der Waals surface area contributed by atoms with Crippen molar-refractivity contribution in [3.8, 4) is 0 Å². The highest BCUT2D eigenvalue weighted by Gasteiger charge is 2.17. The summed E-state index contributed by atoms with van der Waals surface area (Å²) < 4.78 is 0. The summed E-state index contributed by atoms with van der Waals surface area (Å²) in [6, 6.07) is 8.87. The normalized spacial score (nSPS) is 17.2. The van der Waals surface area contributed by atoms with E-state index in [0.29, 0.717) is 5.92 Å². The van der Waals surface area contributed by atoms with Crippen LogP contribution in [0.3, 0.4) is 0 Å². The predicted molar refractivity (Wildman–Crippen MR) is 83.6 cm³/mol. The van der Waals surface area contributed by atoms with Crippen molar-refractivity contribution >= 4 is 5.69 Å². The maximum absolute atomic E-state index is 3.56. The molecule has 19 heavy (non-hydrogen) atoms. The summed E-state index contributed by atoms with van der Waals surface area (Å²) in [5.74, 6) is 1.60. The molecule has 1 N–H and O–H groups in total. The molecule has 2 nitrogen and oxygen atoms in total. The second kappa shape index (κ2) is 6.95. The lowest BCUT2D eigenvalue weighted by molar-refractivity contribution is 0.437. The molecular formula is C17H28N2. The highest BCUT2D eigenvalue weighted by molar-refractivity contribution is 5.53. The molecule has 106 valence electrons. The van der Waals surface area contributed by atoms with E-state index < -0.39 is 0 Å². The Kier molecular flexibility index (Phi) is 5.26. The lowest BCUT2D eigenvalue weighted by Crippen LogP contribution is -2.34. The number of hydrogen-bond acceptors (Lipinski definition) is 2. The third kappa shape index (κ3) is 4.24. The Morgan fingerprint density at radius 1 is 1.21 bits per heavy atom. The van der Waals surface area contributed by atoms with E-state index in [2.05, 4.69) is 55.3 Å². The van der Waals surface area contributed by atoms with Crippen molar-refractivity contribution in [1.82, 2.24) is 5.32 Å². The highest BCUT2D eigenvalue weighted by atomic mass is 15.1. The van der Waals surface area contributed by atoms with Gasteiger partial charge in [0.2, 0.25) is 0 Å². The van der Waals surface area contributed by atoms with Gasteiger partial charge in [0.1, 0.15) is 0 Å². The SMILES string of the molecule is CC(C)CNCc1ccccc1N1CCC(C)CC1. The van der Waals surface area contributed by atoms with Crippen LogP contribution in [0.5, 0.6) is 0 Å². The molecule has 1 saturated heterocycles. The number of hydrogen-bond donors (Lipinski definition) is 1. The minimum Gasteiger partial charge on any atom is -0.371 e. The Hall–Kier alpha value is -1.02. The number of nitrogens with one attached hydrogen (secondary N) is 1. The largest absolute Gasteiger partial charge is 0.371 e. The molecule has 2 heteroatoms. The maximum atomic E-state index is 3.56. The quantitative estimate of drug-likeness (QED) is 0.869. The minimum absolute atomic E-state index is 0.711. The van der Waals surface area contributed by atoms with Crippen molar-refractivity contribution in [3.05, 3.63) is 29.8 Å². The van der Waals surface area contributed by atoms with Crippen LogP contribution in [-0.2, 0) is 6.54 Å². The molecule has 1 aliphatic rings. The molecule has 1 aromatic rings. The van der Waals surface area contributed by atoms with Gasteiger partial charge in [0.15, 0.2) is 0 Å². The first-order valence-electron chi connectivity index (χ1n) is 7.70. The molecule has 1 aliphatic heterocycles. The highest BCUT2D eigenvalue weighted by Crippen LogP contribution is 2.26. The maximum Gasteiger partial charge on any atom is 0.0411 e. The van der Waals surface area contributed by atoms with Gasteiger partial charge in [0.05, 0.1) is 0 Å². The molecule has 1 heterocycles. The predicted octanol–water partition coefficient (Wildman–Crippen LogP) is 3.67. The Balaban J connectivity index is 1.99. The Bertz CT molecular complexity index is 379. The number of benzene rings is 1. The summed E-state index contributed by atoms with van der Waals surface area (Å²) in [6.07, 6.45) is 2.65. The van der Waals surface area contributed by atoms with Gasteiger partial charge in [-0.15, -0.1) is 0 Å². The van der Waals surface area contributed by atoms with Gasteiger partial charge in [-0.25, -0.2) is 0 Å². The average molecular weight is 260 g/mol. The average Bonchev–Trinajstić information content (AvgIpc) is 2.40. The molecule has 0 aromatic heterocycles. The van der Waals surface area contributed by atoms with Crippen LogP contribution in [0.4, 0.5) is 5.69 Å². The van der Waals surface area contributed by atoms with E-state index in [9.17, 15) is 0 Å². The molecule has 0 bridgehead atoms. The fraction of sp³-hybridized carbons (Fsp3) is 0.647. The second-order valence-corrected chi connectivity index (χ2v) is 6.32. The fourth-order valence-electron chi connectivity index (χ4n) is 2.71. The zero-order valence-corrected chi connectivity index (χ0v) is 12.7. The smallest absolute Gasteiger partial charge is 0.0411 e. The summed E-state index contributed by atoms with van der Waals surface area (Å²) in [5, 5.41) is 3.56. The van der Waals surface area contributed by atoms with Crippen LogP contribution in [-0.4, -0.2) is 19.6 Å². The van der Waals surface area contributed by atoms with Crippen molar-refractivity contribution in [2.75, 3.05) is 24.5 Å². The van der Waals surface area contributed by atoms with E-state index >= 15 is 0 Å². The molecule has 0 unspecified atom stereocenters. The van der Waals surface area contributed by atoms with Gasteiger partial charge >= 0.3 is 0 Å².